The predicted octanol–water partition coefficient (Wildman–Crippen LogP) is 2.35. The molecule has 1 aromatic rings. The van der Waals surface area contributed by atoms with E-state index in [1.54, 1.807) is 0 Å². The molecule has 1 fully saturated rings. The number of hydrogen-bond acceptors (Lipinski definition) is 3. The fourth-order valence-corrected chi connectivity index (χ4v) is 3.10. The zero-order chi connectivity index (χ0) is 16.9. The first-order valence-corrected chi connectivity index (χ1v) is 8.61. The molecule has 2 rings (SSSR count). The van der Waals surface area contributed by atoms with Crippen LogP contribution in [-0.2, 0) is 21.4 Å². The molecule has 2 N–H and O–H groups in total. The van der Waals surface area contributed by atoms with Crippen LogP contribution < -0.4 is 5.73 Å². The summed E-state index contributed by atoms with van der Waals surface area (Å²) in [5.74, 6) is 0.382. The van der Waals surface area contributed by atoms with Gasteiger partial charge in [0, 0.05) is 13.1 Å². The van der Waals surface area contributed by atoms with Gasteiger partial charge in [0.1, 0.15) is 0 Å². The second kappa shape index (κ2) is 7.93. The van der Waals surface area contributed by atoms with Crippen LogP contribution in [0, 0.1) is 5.92 Å². The van der Waals surface area contributed by atoms with Gasteiger partial charge in [0.05, 0.1) is 18.6 Å². The zero-order valence-corrected chi connectivity index (χ0v) is 14.7. The van der Waals surface area contributed by atoms with E-state index < -0.39 is 5.41 Å². The Hall–Kier alpha value is -1.39. The molecular weight excluding hydrogens is 288 g/mol. The molecule has 1 aromatic carbocycles. The number of nitrogens with zero attached hydrogens (tertiary/aromatic N) is 1. The van der Waals surface area contributed by atoms with Crippen LogP contribution in [0.3, 0.4) is 0 Å². The van der Waals surface area contributed by atoms with Gasteiger partial charge in [-0.3, -0.25) is 9.69 Å². The van der Waals surface area contributed by atoms with Crippen molar-refractivity contribution in [2.45, 2.75) is 39.0 Å². The van der Waals surface area contributed by atoms with E-state index in [0.29, 0.717) is 5.92 Å². The zero-order valence-electron chi connectivity index (χ0n) is 14.7. The van der Waals surface area contributed by atoms with Crippen LogP contribution in [0.5, 0.6) is 0 Å². The van der Waals surface area contributed by atoms with Crippen LogP contribution in [0.25, 0.3) is 0 Å². The number of nitrogens with two attached hydrogens (primary N) is 1. The summed E-state index contributed by atoms with van der Waals surface area (Å²) in [7, 11) is 0. The lowest BCUT2D eigenvalue weighted by Crippen LogP contribution is -2.44. The molecule has 1 amide bonds. The minimum absolute atomic E-state index is 0.248. The number of carbonyl (C=O) groups excluding carboxylic acids is 1. The molecule has 1 heterocycles. The van der Waals surface area contributed by atoms with E-state index in [1.807, 2.05) is 6.92 Å². The number of hydrogen-bond donors (Lipinski definition) is 1. The number of rotatable bonds is 7. The summed E-state index contributed by atoms with van der Waals surface area (Å²) in [4.78, 5) is 14.5. The van der Waals surface area contributed by atoms with Crippen molar-refractivity contribution in [3.63, 3.8) is 0 Å². The molecule has 0 unspecified atom stereocenters. The van der Waals surface area contributed by atoms with Crippen LogP contribution >= 0.6 is 0 Å². The molecule has 0 aromatic heterocycles. The lowest BCUT2D eigenvalue weighted by atomic mass is 9.78. The van der Waals surface area contributed by atoms with Crippen molar-refractivity contribution in [2.24, 2.45) is 11.7 Å². The van der Waals surface area contributed by atoms with E-state index in [2.05, 4.69) is 43.0 Å². The molecule has 4 nitrogen and oxygen atoms in total. The summed E-state index contributed by atoms with van der Waals surface area (Å²) in [6, 6.07) is 8.40. The van der Waals surface area contributed by atoms with Gasteiger partial charge in [-0.25, -0.2) is 0 Å². The van der Waals surface area contributed by atoms with E-state index in [4.69, 9.17) is 10.5 Å². The molecule has 0 aliphatic carbocycles. The second-order valence-electron chi connectivity index (χ2n) is 7.20. The Balaban J connectivity index is 2.07. The third-order valence-corrected chi connectivity index (χ3v) is 4.81. The van der Waals surface area contributed by atoms with E-state index >= 15 is 0 Å². The van der Waals surface area contributed by atoms with Crippen molar-refractivity contribution in [2.75, 3.05) is 32.8 Å². The van der Waals surface area contributed by atoms with Crippen molar-refractivity contribution in [3.8, 4) is 0 Å². The molecular formula is C19H30N2O2. The van der Waals surface area contributed by atoms with Crippen LogP contribution in [0.2, 0.25) is 0 Å². The van der Waals surface area contributed by atoms with Gasteiger partial charge in [-0.1, -0.05) is 38.1 Å². The maximum atomic E-state index is 12.1. The molecule has 0 spiro atoms. The molecule has 1 atom stereocenters. The molecule has 4 heteroatoms. The fraction of sp³-hybridized carbons (Fsp3) is 0.632. The lowest BCUT2D eigenvalue weighted by molar-refractivity contribution is -0.123. The maximum Gasteiger partial charge on any atom is 0.227 e. The van der Waals surface area contributed by atoms with Gasteiger partial charge < -0.3 is 10.5 Å². The fourth-order valence-electron chi connectivity index (χ4n) is 3.10. The molecule has 1 aliphatic rings. The third kappa shape index (κ3) is 4.79. The first-order chi connectivity index (χ1) is 10.9. The first kappa shape index (κ1) is 18.0. The van der Waals surface area contributed by atoms with E-state index in [-0.39, 0.29) is 5.91 Å². The summed E-state index contributed by atoms with van der Waals surface area (Å²) in [6.07, 6.45) is 1.80. The molecule has 1 aliphatic heterocycles. The number of carbonyl (C=O) groups is 1. The van der Waals surface area contributed by atoms with Crippen molar-refractivity contribution in [1.82, 2.24) is 4.90 Å². The number of primary amides is 1. The van der Waals surface area contributed by atoms with Crippen LogP contribution in [0.4, 0.5) is 0 Å². The molecule has 0 radical (unpaired) electrons. The maximum absolute atomic E-state index is 12.1. The third-order valence-electron chi connectivity index (χ3n) is 4.81. The van der Waals surface area contributed by atoms with Gasteiger partial charge in [0.15, 0.2) is 0 Å². The van der Waals surface area contributed by atoms with Crippen molar-refractivity contribution in [3.05, 3.63) is 35.4 Å². The Morgan fingerprint density at radius 3 is 2.39 bits per heavy atom. The first-order valence-electron chi connectivity index (χ1n) is 8.61. The van der Waals surface area contributed by atoms with E-state index in [9.17, 15) is 4.79 Å². The molecule has 1 saturated heterocycles. The molecule has 0 bridgehead atoms. The van der Waals surface area contributed by atoms with Crippen LogP contribution in [0.1, 0.15) is 38.3 Å². The van der Waals surface area contributed by atoms with E-state index in [0.717, 1.165) is 51.3 Å². The SMILES string of the molecule is CC(C)Cc1ccc([C@@](C)(CCN2CCOCC2)C(N)=O)cc1. The average Bonchev–Trinajstić information content (AvgIpc) is 2.53. The number of amides is 1. The summed E-state index contributed by atoms with van der Waals surface area (Å²) < 4.78 is 5.38. The topological polar surface area (TPSA) is 55.6 Å². The van der Waals surface area contributed by atoms with E-state index in [1.165, 1.54) is 5.56 Å². The summed E-state index contributed by atoms with van der Waals surface area (Å²) in [5, 5.41) is 0. The normalized spacial score (nSPS) is 18.8. The predicted molar refractivity (Wildman–Crippen MR) is 93.4 cm³/mol. The van der Waals surface area contributed by atoms with Gasteiger partial charge in [0.25, 0.3) is 0 Å². The minimum atomic E-state index is -0.616. The van der Waals surface area contributed by atoms with Crippen molar-refractivity contribution >= 4 is 5.91 Å². The minimum Gasteiger partial charge on any atom is -0.379 e. The Morgan fingerprint density at radius 2 is 1.87 bits per heavy atom. The highest BCUT2D eigenvalue weighted by Gasteiger charge is 2.33. The number of morpholine rings is 1. The monoisotopic (exact) mass is 318 g/mol. The Morgan fingerprint density at radius 1 is 1.26 bits per heavy atom. The Bertz CT molecular complexity index is 507. The Labute approximate surface area is 140 Å². The van der Waals surface area contributed by atoms with Crippen LogP contribution in [0.15, 0.2) is 24.3 Å². The van der Waals surface area contributed by atoms with Crippen LogP contribution in [-0.4, -0.2) is 43.7 Å². The van der Waals surface area contributed by atoms with Crippen molar-refractivity contribution in [1.29, 1.82) is 0 Å². The quantitative estimate of drug-likeness (QED) is 0.839. The number of benzene rings is 1. The highest BCUT2D eigenvalue weighted by atomic mass is 16.5. The Kier molecular flexibility index (Phi) is 6.19. The smallest absolute Gasteiger partial charge is 0.227 e. The van der Waals surface area contributed by atoms with Gasteiger partial charge in [-0.15, -0.1) is 0 Å². The molecule has 23 heavy (non-hydrogen) atoms. The average molecular weight is 318 g/mol. The largest absolute Gasteiger partial charge is 0.379 e. The van der Waals surface area contributed by atoms with Crippen molar-refractivity contribution < 1.29 is 9.53 Å². The van der Waals surface area contributed by atoms with Gasteiger partial charge in [-0.05, 0) is 43.4 Å². The highest BCUT2D eigenvalue weighted by Crippen LogP contribution is 2.28. The highest BCUT2D eigenvalue weighted by molar-refractivity contribution is 5.86. The van der Waals surface area contributed by atoms with Gasteiger partial charge in [0.2, 0.25) is 5.91 Å². The lowest BCUT2D eigenvalue weighted by Gasteiger charge is -2.32. The summed E-state index contributed by atoms with van der Waals surface area (Å²) >= 11 is 0. The second-order valence-corrected chi connectivity index (χ2v) is 7.20. The van der Waals surface area contributed by atoms with Gasteiger partial charge >= 0.3 is 0 Å². The summed E-state index contributed by atoms with van der Waals surface area (Å²) in [6.45, 7) is 10.7. The summed E-state index contributed by atoms with van der Waals surface area (Å²) in [5.41, 5.74) is 7.47. The number of ether oxygens (including phenoxy) is 1. The molecule has 0 saturated carbocycles. The van der Waals surface area contributed by atoms with Gasteiger partial charge in [-0.2, -0.15) is 0 Å². The molecule has 128 valence electrons. The standard InChI is InChI=1S/C19H30N2O2/c1-15(2)14-16-4-6-17(7-5-16)19(3,18(20)22)8-9-21-10-12-23-13-11-21/h4-7,15H,8-14H2,1-3H3,(H2,20,22)/t19-/m1/s1.